The van der Waals surface area contributed by atoms with Crippen LogP contribution in [0.2, 0.25) is 0 Å². The van der Waals surface area contributed by atoms with Gasteiger partial charge in [0, 0.05) is 29.1 Å². The molecule has 3 aromatic rings. The van der Waals surface area contributed by atoms with Gasteiger partial charge in [0.1, 0.15) is 11.9 Å². The summed E-state index contributed by atoms with van der Waals surface area (Å²) in [7, 11) is 2.25. The van der Waals surface area contributed by atoms with Crippen LogP contribution in [-0.4, -0.2) is 23.2 Å². The lowest BCUT2D eigenvalue weighted by Gasteiger charge is -2.66. The van der Waals surface area contributed by atoms with E-state index in [9.17, 15) is 0 Å². The maximum absolute atomic E-state index is 5.18. The molecule has 0 N–H and O–H groups in total. The third-order valence-corrected chi connectivity index (χ3v) is 8.77. The number of benzene rings is 2. The normalized spacial score (nSPS) is 29.4. The van der Waals surface area contributed by atoms with Crippen LogP contribution in [0.15, 0.2) is 48.7 Å². The third kappa shape index (κ3) is 1.65. The summed E-state index contributed by atoms with van der Waals surface area (Å²) >= 11 is 0. The van der Waals surface area contributed by atoms with Gasteiger partial charge in [-0.15, -0.1) is 0 Å². The Morgan fingerprint density at radius 2 is 1.97 bits per heavy atom. The Kier molecular flexibility index (Phi) is 2.94. The summed E-state index contributed by atoms with van der Waals surface area (Å²) in [5, 5.41) is 0. The summed E-state index contributed by atoms with van der Waals surface area (Å²) in [6.45, 7) is 4.53. The van der Waals surface area contributed by atoms with E-state index in [-0.39, 0.29) is 5.41 Å². The van der Waals surface area contributed by atoms with Gasteiger partial charge in [0.2, 0.25) is 0 Å². The van der Waals surface area contributed by atoms with Crippen molar-refractivity contribution in [3.63, 3.8) is 0 Å². The quantitative estimate of drug-likeness (QED) is 0.585. The molecule has 1 spiro atoms. The molecular formula is C26H26N4. The van der Waals surface area contributed by atoms with Crippen molar-refractivity contribution in [1.82, 2.24) is 9.97 Å². The summed E-state index contributed by atoms with van der Waals surface area (Å²) in [5.41, 5.74) is 8.53. The summed E-state index contributed by atoms with van der Waals surface area (Å²) in [6.07, 6.45) is 7.38. The molecule has 2 bridgehead atoms. The molecule has 1 fully saturated rings. The number of hydrogen-bond donors (Lipinski definition) is 0. The molecule has 3 unspecified atom stereocenters. The fourth-order valence-electron chi connectivity index (χ4n) is 7.25. The lowest BCUT2D eigenvalue weighted by atomic mass is 9.43. The van der Waals surface area contributed by atoms with Gasteiger partial charge in [-0.25, -0.2) is 9.97 Å². The number of nitrogens with zero attached hydrogens (tertiary/aromatic N) is 4. The average Bonchev–Trinajstić information content (AvgIpc) is 3.24. The van der Waals surface area contributed by atoms with E-state index < -0.39 is 0 Å². The van der Waals surface area contributed by atoms with Gasteiger partial charge < -0.3 is 9.80 Å². The molecule has 1 saturated carbocycles. The molecule has 2 aromatic carbocycles. The minimum absolute atomic E-state index is 0.272. The lowest BCUT2D eigenvalue weighted by molar-refractivity contribution is -0.0396. The Labute approximate surface area is 177 Å². The van der Waals surface area contributed by atoms with Crippen LogP contribution < -0.4 is 9.80 Å². The topological polar surface area (TPSA) is 32.3 Å². The van der Waals surface area contributed by atoms with Crippen molar-refractivity contribution in [1.29, 1.82) is 0 Å². The Bertz CT molecular complexity index is 1230. The minimum Gasteiger partial charge on any atom is -0.349 e. The zero-order valence-electron chi connectivity index (χ0n) is 17.8. The molecule has 4 aliphatic rings. The van der Waals surface area contributed by atoms with Crippen LogP contribution >= 0.6 is 0 Å². The SMILES string of the molecule is CCC12CCC13Cc1ccc(c3c1)N1c3nc(-c4ccccc4C)ncc3N(C)C12. The van der Waals surface area contributed by atoms with Crippen LogP contribution in [0.4, 0.5) is 17.2 Å². The van der Waals surface area contributed by atoms with Crippen LogP contribution in [0.3, 0.4) is 0 Å². The molecule has 0 radical (unpaired) electrons. The molecule has 150 valence electrons. The monoisotopic (exact) mass is 394 g/mol. The summed E-state index contributed by atoms with van der Waals surface area (Å²) in [4.78, 5) is 15.0. The minimum atomic E-state index is 0.272. The predicted octanol–water partition coefficient (Wildman–Crippen LogP) is 5.36. The highest BCUT2D eigenvalue weighted by atomic mass is 15.5. The Morgan fingerprint density at radius 3 is 2.73 bits per heavy atom. The number of fused-ring (bicyclic) bond motifs is 6. The van der Waals surface area contributed by atoms with Crippen molar-refractivity contribution in [2.45, 2.75) is 51.1 Å². The number of anilines is 3. The summed E-state index contributed by atoms with van der Waals surface area (Å²) in [6, 6.07) is 15.6. The van der Waals surface area contributed by atoms with Gasteiger partial charge in [-0.05, 0) is 55.4 Å². The molecule has 4 heteroatoms. The second-order valence-corrected chi connectivity index (χ2v) is 9.69. The first-order chi connectivity index (χ1) is 14.6. The van der Waals surface area contributed by atoms with E-state index in [1.807, 2.05) is 6.20 Å². The zero-order chi connectivity index (χ0) is 20.3. The number of hydrogen-bond acceptors (Lipinski definition) is 4. The maximum atomic E-state index is 5.18. The molecular weight excluding hydrogens is 368 g/mol. The lowest BCUT2D eigenvalue weighted by Crippen LogP contribution is -2.69. The van der Waals surface area contributed by atoms with Crippen LogP contribution in [0, 0.1) is 12.3 Å². The zero-order valence-corrected chi connectivity index (χ0v) is 17.8. The van der Waals surface area contributed by atoms with Crippen molar-refractivity contribution in [2.75, 3.05) is 16.8 Å². The van der Waals surface area contributed by atoms with Gasteiger partial charge >= 0.3 is 0 Å². The van der Waals surface area contributed by atoms with Crippen molar-refractivity contribution in [3.05, 3.63) is 65.4 Å². The summed E-state index contributed by atoms with van der Waals surface area (Å²) < 4.78 is 0. The van der Waals surface area contributed by atoms with Gasteiger partial charge in [-0.2, -0.15) is 0 Å². The molecule has 30 heavy (non-hydrogen) atoms. The second kappa shape index (κ2) is 5.23. The molecule has 2 aliphatic heterocycles. The van der Waals surface area contributed by atoms with E-state index in [1.165, 1.54) is 42.5 Å². The molecule has 0 saturated heterocycles. The van der Waals surface area contributed by atoms with Crippen molar-refractivity contribution < 1.29 is 0 Å². The highest BCUT2D eigenvalue weighted by Crippen LogP contribution is 2.73. The average molecular weight is 395 g/mol. The first kappa shape index (κ1) is 16.9. The van der Waals surface area contributed by atoms with E-state index in [4.69, 9.17) is 9.97 Å². The Morgan fingerprint density at radius 1 is 1.10 bits per heavy atom. The van der Waals surface area contributed by atoms with Gasteiger partial charge in [-0.1, -0.05) is 43.3 Å². The van der Waals surface area contributed by atoms with Crippen molar-refractivity contribution in [3.8, 4) is 11.4 Å². The fraction of sp³-hybridized carbons (Fsp3) is 0.385. The molecule has 4 nitrogen and oxygen atoms in total. The molecule has 3 heterocycles. The largest absolute Gasteiger partial charge is 0.349 e. The van der Waals surface area contributed by atoms with E-state index >= 15 is 0 Å². The predicted molar refractivity (Wildman–Crippen MR) is 120 cm³/mol. The van der Waals surface area contributed by atoms with E-state index in [1.54, 1.807) is 5.56 Å². The summed E-state index contributed by atoms with van der Waals surface area (Å²) in [5.74, 6) is 1.89. The van der Waals surface area contributed by atoms with Gasteiger partial charge in [0.15, 0.2) is 11.6 Å². The standard InChI is InChI=1S/C26H26N4/c1-4-25-11-12-26(25)14-17-9-10-20(19(26)13-17)30-23-21(29(3)24(25)30)15-27-22(28-23)18-8-6-5-7-16(18)2/h5-10,13,15,24H,4,11-12,14H2,1-3H3. The van der Waals surface area contributed by atoms with Crippen LogP contribution in [0.25, 0.3) is 11.4 Å². The highest BCUT2D eigenvalue weighted by molar-refractivity contribution is 5.86. The number of aromatic nitrogens is 2. The molecule has 3 atom stereocenters. The second-order valence-electron chi connectivity index (χ2n) is 9.69. The van der Waals surface area contributed by atoms with Crippen LogP contribution in [0.5, 0.6) is 0 Å². The Balaban J connectivity index is 1.48. The van der Waals surface area contributed by atoms with Crippen molar-refractivity contribution in [2.24, 2.45) is 5.41 Å². The number of rotatable bonds is 2. The highest BCUT2D eigenvalue weighted by Gasteiger charge is 2.70. The van der Waals surface area contributed by atoms with Gasteiger partial charge in [-0.3, -0.25) is 0 Å². The third-order valence-electron chi connectivity index (χ3n) is 8.77. The van der Waals surface area contributed by atoms with E-state index in [2.05, 4.69) is 73.2 Å². The van der Waals surface area contributed by atoms with Crippen LogP contribution in [0.1, 0.15) is 42.9 Å². The van der Waals surface area contributed by atoms with Gasteiger partial charge in [0.25, 0.3) is 0 Å². The fourth-order valence-corrected chi connectivity index (χ4v) is 7.25. The first-order valence-electron chi connectivity index (χ1n) is 11.2. The Hall–Kier alpha value is -2.88. The molecule has 2 aliphatic carbocycles. The molecule has 7 rings (SSSR count). The van der Waals surface area contributed by atoms with Crippen molar-refractivity contribution >= 4 is 17.2 Å². The first-order valence-corrected chi connectivity index (χ1v) is 11.2. The van der Waals surface area contributed by atoms with Gasteiger partial charge in [0.05, 0.1) is 6.20 Å². The molecule has 0 amide bonds. The van der Waals surface area contributed by atoms with Crippen LogP contribution in [-0.2, 0) is 11.8 Å². The molecule has 1 aromatic heterocycles. The van der Waals surface area contributed by atoms with E-state index in [0.29, 0.717) is 11.6 Å². The maximum Gasteiger partial charge on any atom is 0.162 e. The van der Waals surface area contributed by atoms with E-state index in [0.717, 1.165) is 22.9 Å². The smallest absolute Gasteiger partial charge is 0.162 e. The number of aryl methyl sites for hydroxylation is 1.